The number of carbonyl (C=O) groups excluding carboxylic acids is 8. The fourth-order valence-electron chi connectivity index (χ4n) is 13.2. The number of thiophene rings is 1. The average molecular weight is 1550 g/mol. The Hall–Kier alpha value is -8.34. The number of piperidine rings is 1. The molecule has 4 aliphatic rings. The number of esters is 1. The van der Waals surface area contributed by atoms with Crippen LogP contribution in [0.1, 0.15) is 144 Å². The molecule has 5 N–H and O–H groups in total. The van der Waals surface area contributed by atoms with Crippen molar-refractivity contribution < 1.29 is 85.7 Å². The SMILES string of the molecule is CC[C@@H](C(=O)OCCOCCOCCOCC(C)(COCCOCCOCCNc1cc2c(cc1F)C(=O)N(C1CCC(=O)NC1=O)C2=O)COCC(=O)N[C@H](C(=O)N1C[C@H](O)C[C@H]1C(=O)N[C@@H](C)c1ccc(-c2scnc2C)cc1)C(C)(C)C)[C@@H]1N=C(c2ccc(Cl)cc2)c2c(sc(C)c2C)-n2c(C)nnc21. The third-order valence-electron chi connectivity index (χ3n) is 19.1. The highest BCUT2D eigenvalue weighted by atomic mass is 35.5. The highest BCUT2D eigenvalue weighted by molar-refractivity contribution is 7.15. The van der Waals surface area contributed by atoms with Gasteiger partial charge in [0.05, 0.1) is 143 Å². The lowest BCUT2D eigenvalue weighted by atomic mass is 9.85. The van der Waals surface area contributed by atoms with Crippen molar-refractivity contribution in [1.82, 2.24) is 45.5 Å². The first-order valence-corrected chi connectivity index (χ1v) is 38.2. The summed E-state index contributed by atoms with van der Waals surface area (Å²) in [5, 5.41) is 32.3. The Morgan fingerprint density at radius 3 is 2.01 bits per heavy atom. The number of aliphatic hydroxyl groups is 1. The molecule has 582 valence electrons. The minimum Gasteiger partial charge on any atom is -0.463 e. The molecule has 28 nitrogen and oxygen atoms in total. The first kappa shape index (κ1) is 82.2. The first-order valence-electron chi connectivity index (χ1n) is 36.1. The number of halogens is 2. The number of thiazole rings is 1. The van der Waals surface area contributed by atoms with Crippen LogP contribution in [-0.2, 0) is 66.7 Å². The number of fused-ring (bicyclic) bond motifs is 4. The highest BCUT2D eigenvalue weighted by Crippen LogP contribution is 2.42. The van der Waals surface area contributed by atoms with Crippen molar-refractivity contribution in [1.29, 1.82) is 0 Å². The third kappa shape index (κ3) is 20.2. The Kier molecular flexibility index (Phi) is 28.4. The van der Waals surface area contributed by atoms with Crippen molar-refractivity contribution in [3.8, 4) is 15.4 Å². The van der Waals surface area contributed by atoms with Crippen molar-refractivity contribution in [2.45, 2.75) is 131 Å². The Balaban J connectivity index is 0.673. The van der Waals surface area contributed by atoms with Crippen LogP contribution in [0.15, 0.2) is 71.2 Å². The van der Waals surface area contributed by atoms with E-state index < -0.39 is 113 Å². The van der Waals surface area contributed by atoms with Gasteiger partial charge in [0.25, 0.3) is 11.8 Å². The maximum absolute atomic E-state index is 15.2. The number of likely N-dealkylation sites (tertiary alicyclic amines) is 1. The fraction of sp³-hybridized carbons (Fsp3) is 0.526. The van der Waals surface area contributed by atoms with E-state index in [9.17, 15) is 43.5 Å². The van der Waals surface area contributed by atoms with E-state index in [-0.39, 0.29) is 142 Å². The molecule has 7 heterocycles. The average Bonchev–Trinajstić information content (AvgIpc) is 1.60. The largest absolute Gasteiger partial charge is 0.463 e. The number of β-amino-alcohol motifs (C(OH)–C–C–N with tert-alkyl or cyclic N) is 1. The minimum atomic E-state index is -1.18. The zero-order valence-electron chi connectivity index (χ0n) is 62.4. The minimum absolute atomic E-state index is 0.00918. The third-order valence-corrected chi connectivity index (χ3v) is 21.5. The molecule has 8 atom stereocenters. The number of anilines is 1. The molecule has 0 bridgehead atoms. The molecule has 32 heteroatoms. The molecule has 7 amide bonds. The molecule has 0 radical (unpaired) electrons. The van der Waals surface area contributed by atoms with Gasteiger partial charge in [0.1, 0.15) is 54.0 Å². The number of nitrogens with one attached hydrogen (secondary N) is 4. The van der Waals surface area contributed by atoms with E-state index in [1.807, 2.05) is 87.7 Å². The van der Waals surface area contributed by atoms with Crippen LogP contribution in [-0.4, -0.2) is 224 Å². The number of aliphatic hydroxyl groups excluding tert-OH is 1. The molecule has 2 fully saturated rings. The normalized spacial score (nSPS) is 18.5. The molecule has 2 unspecified atom stereocenters. The Morgan fingerprint density at radius 2 is 1.39 bits per heavy atom. The van der Waals surface area contributed by atoms with Crippen LogP contribution in [0.25, 0.3) is 15.4 Å². The van der Waals surface area contributed by atoms with Crippen LogP contribution < -0.4 is 21.3 Å². The lowest BCUT2D eigenvalue weighted by molar-refractivity contribution is -0.151. The maximum Gasteiger partial charge on any atom is 0.311 e. The van der Waals surface area contributed by atoms with Gasteiger partial charge in [-0.15, -0.1) is 32.9 Å². The van der Waals surface area contributed by atoms with E-state index >= 15 is 4.39 Å². The predicted octanol–water partition coefficient (Wildman–Crippen LogP) is 7.95. The number of aromatic nitrogens is 4. The lowest BCUT2D eigenvalue weighted by Crippen LogP contribution is -2.58. The van der Waals surface area contributed by atoms with Crippen molar-refractivity contribution in [3.63, 3.8) is 0 Å². The number of imide groups is 2. The number of hydrogen-bond donors (Lipinski definition) is 5. The number of rotatable bonds is 38. The molecule has 2 saturated heterocycles. The molecule has 10 rings (SSSR count). The van der Waals surface area contributed by atoms with Gasteiger partial charge < -0.3 is 63.9 Å². The Bertz CT molecular complexity index is 4240. The molecule has 3 aromatic carbocycles. The summed E-state index contributed by atoms with van der Waals surface area (Å²) >= 11 is 9.49. The number of aliphatic imine (C=N–C) groups is 1. The molecule has 0 saturated carbocycles. The molecule has 6 aromatic rings. The smallest absolute Gasteiger partial charge is 0.311 e. The van der Waals surface area contributed by atoms with Gasteiger partial charge in [0, 0.05) is 52.4 Å². The summed E-state index contributed by atoms with van der Waals surface area (Å²) in [6.45, 7) is 20.4. The maximum atomic E-state index is 15.2. The molecular weight excluding hydrogens is 1460 g/mol. The van der Waals surface area contributed by atoms with Gasteiger partial charge in [0.2, 0.25) is 29.5 Å². The van der Waals surface area contributed by atoms with Crippen LogP contribution in [0.5, 0.6) is 0 Å². The second-order valence-corrected chi connectivity index (χ2v) is 31.0. The van der Waals surface area contributed by atoms with E-state index in [1.165, 1.54) is 11.0 Å². The standard InChI is InChI=1S/C76H95ClFN11O17S2/c1-11-53(64-67-86-85-47(6)88(67)73-62(43(2)46(5)108-73)63(84-64)49-16-18-51(77)19-17-49)74(98)106-33-32-102-27-26-101-29-31-104-40-76(10,39-103-30-28-100-25-24-99-23-22-79-57-36-55-54(35-56(57)78)70(95)89(71(55)96)58-20-21-60(91)83-68(58)93)41-105-38-61(92)82-66(75(7,8)9)72(97)87-37-52(90)34-59(87)69(94)81-44(3)48-12-14-50(15-13-48)65-45(4)80-42-107-65/h12-19,35-36,42,44,52-53,58-59,64,66,79,90H,11,20-34,37-41H2,1-10H3,(H,81,94)(H,82,92)(H,83,91,93)/t44-,52+,53+,58?,59-,64-,66+,76?/m0/s1. The number of amides is 7. The van der Waals surface area contributed by atoms with Crippen molar-refractivity contribution in [2.24, 2.45) is 21.7 Å². The zero-order valence-corrected chi connectivity index (χ0v) is 64.8. The summed E-state index contributed by atoms with van der Waals surface area (Å²) in [7, 11) is 0. The van der Waals surface area contributed by atoms with Crippen LogP contribution in [0, 0.1) is 50.3 Å². The second kappa shape index (κ2) is 37.4. The predicted molar refractivity (Wildman–Crippen MR) is 400 cm³/mol. The number of ether oxygens (including phenoxy) is 8. The van der Waals surface area contributed by atoms with Gasteiger partial charge in [-0.05, 0) is 93.8 Å². The van der Waals surface area contributed by atoms with E-state index in [0.717, 1.165) is 64.9 Å². The summed E-state index contributed by atoms with van der Waals surface area (Å²) in [5.41, 5.74) is 6.24. The number of benzene rings is 3. The number of hydrogen-bond acceptors (Lipinski definition) is 24. The fourth-order valence-corrected chi connectivity index (χ4v) is 15.3. The van der Waals surface area contributed by atoms with Gasteiger partial charge in [-0.1, -0.05) is 82.6 Å². The molecule has 3 aromatic heterocycles. The van der Waals surface area contributed by atoms with E-state index in [4.69, 9.17) is 54.5 Å². The Morgan fingerprint density at radius 1 is 0.778 bits per heavy atom. The first-order chi connectivity index (χ1) is 51.7. The second-order valence-electron chi connectivity index (χ2n) is 28.5. The Labute approximate surface area is 639 Å². The van der Waals surface area contributed by atoms with E-state index in [2.05, 4.69) is 50.3 Å². The van der Waals surface area contributed by atoms with Gasteiger partial charge >= 0.3 is 5.97 Å². The molecule has 4 aliphatic heterocycles. The molecular formula is C76H95ClFN11O17S2. The van der Waals surface area contributed by atoms with Crippen molar-refractivity contribution in [3.05, 3.63) is 133 Å². The molecule has 0 aliphatic carbocycles. The summed E-state index contributed by atoms with van der Waals surface area (Å²) in [6, 6.07) is 13.1. The van der Waals surface area contributed by atoms with E-state index in [1.54, 1.807) is 49.0 Å². The lowest BCUT2D eigenvalue weighted by Gasteiger charge is -2.35. The van der Waals surface area contributed by atoms with Crippen LogP contribution in [0.2, 0.25) is 5.02 Å². The monoisotopic (exact) mass is 1550 g/mol. The summed E-state index contributed by atoms with van der Waals surface area (Å²) < 4.78 is 64.3. The number of nitrogens with zero attached hydrogens (tertiary/aromatic N) is 7. The number of aryl methyl sites for hydroxylation is 3. The number of carbonyl (C=O) groups is 8. The topological polar surface area (TPSA) is 341 Å². The van der Waals surface area contributed by atoms with Gasteiger partial charge in [0.15, 0.2) is 5.82 Å². The quantitative estimate of drug-likeness (QED) is 0.0139. The van der Waals surface area contributed by atoms with Gasteiger partial charge in [-0.2, -0.15) is 0 Å². The summed E-state index contributed by atoms with van der Waals surface area (Å²) in [5.74, 6) is -5.10. The highest BCUT2D eigenvalue weighted by Gasteiger charge is 2.47. The summed E-state index contributed by atoms with van der Waals surface area (Å²) in [6.07, 6.45) is -0.621. The van der Waals surface area contributed by atoms with Crippen LogP contribution in [0.4, 0.5) is 10.1 Å². The van der Waals surface area contributed by atoms with Crippen molar-refractivity contribution >= 4 is 93.0 Å². The summed E-state index contributed by atoms with van der Waals surface area (Å²) in [4.78, 5) is 121. The van der Waals surface area contributed by atoms with Gasteiger partial charge in [-0.3, -0.25) is 58.1 Å². The molecule has 0 spiro atoms. The molecule has 108 heavy (non-hydrogen) atoms. The van der Waals surface area contributed by atoms with E-state index in [0.29, 0.717) is 23.1 Å². The van der Waals surface area contributed by atoms with Crippen LogP contribution >= 0.6 is 34.3 Å². The van der Waals surface area contributed by atoms with Crippen LogP contribution in [0.3, 0.4) is 0 Å². The zero-order chi connectivity index (χ0) is 77.6. The van der Waals surface area contributed by atoms with Crippen molar-refractivity contribution in [2.75, 3.05) is 118 Å². The van der Waals surface area contributed by atoms with Gasteiger partial charge in [-0.25, -0.2) is 9.37 Å².